The van der Waals surface area contributed by atoms with E-state index in [0.717, 1.165) is 5.56 Å². The number of H-pyrrole nitrogens is 1. The highest BCUT2D eigenvalue weighted by atomic mass is 19.1. The molecule has 3 aromatic rings. The fraction of sp³-hybridized carbons (Fsp3) is 0.0625. The van der Waals surface area contributed by atoms with Gasteiger partial charge in [0.25, 0.3) is 0 Å². The average molecular weight is 298 g/mol. The van der Waals surface area contributed by atoms with Crippen molar-refractivity contribution in [3.8, 4) is 17.0 Å². The molecule has 0 radical (unpaired) electrons. The molecule has 2 aromatic carbocycles. The molecule has 0 atom stereocenters. The van der Waals surface area contributed by atoms with Crippen molar-refractivity contribution >= 4 is 17.2 Å². The van der Waals surface area contributed by atoms with Crippen LogP contribution in [-0.2, 0) is 0 Å². The number of anilines is 3. The molecule has 0 amide bonds. The first kappa shape index (κ1) is 13.9. The summed E-state index contributed by atoms with van der Waals surface area (Å²) < 4.78 is 14.5. The first-order chi connectivity index (χ1) is 10.5. The number of rotatable bonds is 3. The Morgan fingerprint density at radius 3 is 2.59 bits per heavy atom. The summed E-state index contributed by atoms with van der Waals surface area (Å²) in [4.78, 5) is 0. The van der Waals surface area contributed by atoms with Crippen molar-refractivity contribution in [2.45, 2.75) is 6.92 Å². The minimum atomic E-state index is -0.475. The predicted octanol–water partition coefficient (Wildman–Crippen LogP) is 3.56. The summed E-state index contributed by atoms with van der Waals surface area (Å²) in [5.41, 5.74) is 8.65. The van der Waals surface area contributed by atoms with Crippen molar-refractivity contribution < 1.29 is 9.50 Å². The number of aromatic amines is 1. The number of hydrogen-bond acceptors (Lipinski definition) is 4. The van der Waals surface area contributed by atoms with E-state index in [1.54, 1.807) is 36.4 Å². The third-order valence-corrected chi connectivity index (χ3v) is 3.37. The first-order valence-electron chi connectivity index (χ1n) is 6.71. The minimum absolute atomic E-state index is 0.0978. The number of aryl methyl sites for hydroxylation is 1. The van der Waals surface area contributed by atoms with Crippen molar-refractivity contribution in [3.05, 3.63) is 53.8 Å². The number of nitrogen functional groups attached to an aromatic ring is 1. The number of phenolic OH excluding ortho intramolecular Hbond substituents is 1. The Balaban J connectivity index is 1.92. The van der Waals surface area contributed by atoms with E-state index in [1.807, 2.05) is 6.92 Å². The third kappa shape index (κ3) is 2.58. The highest BCUT2D eigenvalue weighted by Crippen LogP contribution is 2.29. The van der Waals surface area contributed by atoms with E-state index >= 15 is 0 Å². The molecule has 3 rings (SSSR count). The van der Waals surface area contributed by atoms with Gasteiger partial charge in [-0.1, -0.05) is 12.1 Å². The lowest BCUT2D eigenvalue weighted by Gasteiger charge is -2.07. The summed E-state index contributed by atoms with van der Waals surface area (Å²) in [5.74, 6) is -0.217. The number of nitrogens with zero attached hydrogens (tertiary/aromatic N) is 1. The Morgan fingerprint density at radius 2 is 1.91 bits per heavy atom. The topological polar surface area (TPSA) is 87.0 Å². The molecule has 0 aliphatic heterocycles. The highest BCUT2D eigenvalue weighted by Gasteiger charge is 2.15. The molecule has 112 valence electrons. The molecular formula is C16H15FN4O. The van der Waals surface area contributed by atoms with E-state index in [2.05, 4.69) is 15.5 Å². The molecule has 1 heterocycles. The first-order valence-corrected chi connectivity index (χ1v) is 6.71. The second-order valence-electron chi connectivity index (χ2n) is 5.01. The molecule has 22 heavy (non-hydrogen) atoms. The number of halogens is 1. The van der Waals surface area contributed by atoms with Crippen molar-refractivity contribution in [2.24, 2.45) is 0 Å². The normalized spacial score (nSPS) is 10.6. The molecule has 0 unspecified atom stereocenters. The second-order valence-corrected chi connectivity index (χ2v) is 5.01. The lowest BCUT2D eigenvalue weighted by Crippen LogP contribution is -1.95. The molecule has 0 spiro atoms. The van der Waals surface area contributed by atoms with Crippen molar-refractivity contribution in [3.63, 3.8) is 0 Å². The maximum absolute atomic E-state index is 14.5. The standard InChI is InChI=1S/C16H15FN4O/c1-9-8-12(22)6-7-13(9)19-16-14(17)15(20-21-16)10-2-4-11(18)5-3-10/h2-8,22H,18H2,1H3,(H2,19,20,21). The van der Waals surface area contributed by atoms with Crippen LogP contribution in [0.4, 0.5) is 21.6 Å². The quantitative estimate of drug-likeness (QED) is 0.440. The van der Waals surface area contributed by atoms with Crippen LogP contribution in [0, 0.1) is 12.7 Å². The summed E-state index contributed by atoms with van der Waals surface area (Å²) in [6.45, 7) is 1.81. The van der Waals surface area contributed by atoms with E-state index in [1.165, 1.54) is 6.07 Å². The molecule has 0 saturated carbocycles. The summed E-state index contributed by atoms with van der Waals surface area (Å²) in [7, 11) is 0. The summed E-state index contributed by atoms with van der Waals surface area (Å²) in [6, 6.07) is 11.6. The summed E-state index contributed by atoms with van der Waals surface area (Å²) in [5, 5.41) is 19.0. The fourth-order valence-corrected chi connectivity index (χ4v) is 2.17. The van der Waals surface area contributed by atoms with Crippen LogP contribution >= 0.6 is 0 Å². The molecule has 5 nitrogen and oxygen atoms in total. The van der Waals surface area contributed by atoms with Crippen LogP contribution in [0.3, 0.4) is 0 Å². The number of hydrogen-bond donors (Lipinski definition) is 4. The van der Waals surface area contributed by atoms with Crippen LogP contribution in [-0.4, -0.2) is 15.3 Å². The molecule has 0 fully saturated rings. The van der Waals surface area contributed by atoms with Gasteiger partial charge < -0.3 is 16.2 Å². The molecule has 0 saturated heterocycles. The Morgan fingerprint density at radius 1 is 1.18 bits per heavy atom. The molecule has 6 heteroatoms. The minimum Gasteiger partial charge on any atom is -0.508 e. The summed E-state index contributed by atoms with van der Waals surface area (Å²) >= 11 is 0. The highest BCUT2D eigenvalue weighted by molar-refractivity contribution is 5.69. The van der Waals surface area contributed by atoms with Crippen molar-refractivity contribution in [1.82, 2.24) is 10.2 Å². The van der Waals surface area contributed by atoms with Gasteiger partial charge in [0.15, 0.2) is 11.6 Å². The monoisotopic (exact) mass is 298 g/mol. The van der Waals surface area contributed by atoms with Gasteiger partial charge in [-0.3, -0.25) is 5.10 Å². The van der Waals surface area contributed by atoms with Gasteiger partial charge in [0, 0.05) is 16.9 Å². The van der Waals surface area contributed by atoms with Gasteiger partial charge in [0.05, 0.1) is 0 Å². The van der Waals surface area contributed by atoms with E-state index in [9.17, 15) is 9.50 Å². The summed E-state index contributed by atoms with van der Waals surface area (Å²) in [6.07, 6.45) is 0. The number of nitrogens with one attached hydrogen (secondary N) is 2. The number of aromatic nitrogens is 2. The van der Waals surface area contributed by atoms with Crippen LogP contribution < -0.4 is 11.1 Å². The van der Waals surface area contributed by atoms with Crippen LogP contribution in [0.2, 0.25) is 0 Å². The molecule has 5 N–H and O–H groups in total. The van der Waals surface area contributed by atoms with Crippen LogP contribution in [0.1, 0.15) is 5.56 Å². The Kier molecular flexibility index (Phi) is 3.42. The number of benzene rings is 2. The molecule has 1 aromatic heterocycles. The smallest absolute Gasteiger partial charge is 0.193 e. The van der Waals surface area contributed by atoms with Gasteiger partial charge in [-0.2, -0.15) is 5.10 Å². The molecule has 0 aliphatic carbocycles. The molecule has 0 aliphatic rings. The largest absolute Gasteiger partial charge is 0.508 e. The Bertz CT molecular complexity index is 812. The fourth-order valence-electron chi connectivity index (χ4n) is 2.17. The average Bonchev–Trinajstić information content (AvgIpc) is 2.84. The Hall–Kier alpha value is -3.02. The maximum Gasteiger partial charge on any atom is 0.193 e. The predicted molar refractivity (Wildman–Crippen MR) is 84.5 cm³/mol. The van der Waals surface area contributed by atoms with Gasteiger partial charge in [-0.15, -0.1) is 0 Å². The van der Waals surface area contributed by atoms with Gasteiger partial charge in [0.2, 0.25) is 0 Å². The number of aromatic hydroxyl groups is 1. The molecular weight excluding hydrogens is 283 g/mol. The zero-order valence-electron chi connectivity index (χ0n) is 11.9. The van der Waals surface area contributed by atoms with Crippen LogP contribution in [0.5, 0.6) is 5.75 Å². The number of nitrogens with two attached hydrogens (primary N) is 1. The zero-order valence-corrected chi connectivity index (χ0v) is 11.9. The lowest BCUT2D eigenvalue weighted by molar-refractivity contribution is 0.475. The van der Waals surface area contributed by atoms with E-state index in [-0.39, 0.29) is 11.6 Å². The molecule has 0 bridgehead atoms. The maximum atomic E-state index is 14.5. The van der Waals surface area contributed by atoms with Crippen molar-refractivity contribution in [2.75, 3.05) is 11.1 Å². The lowest BCUT2D eigenvalue weighted by atomic mass is 10.1. The van der Waals surface area contributed by atoms with E-state index < -0.39 is 5.82 Å². The second kappa shape index (κ2) is 5.40. The van der Waals surface area contributed by atoms with Gasteiger partial charge in [-0.05, 0) is 42.8 Å². The van der Waals surface area contributed by atoms with Crippen LogP contribution in [0.15, 0.2) is 42.5 Å². The van der Waals surface area contributed by atoms with Gasteiger partial charge >= 0.3 is 0 Å². The Labute approximate surface area is 126 Å². The van der Waals surface area contributed by atoms with Gasteiger partial charge in [-0.25, -0.2) is 4.39 Å². The van der Waals surface area contributed by atoms with Crippen LogP contribution in [0.25, 0.3) is 11.3 Å². The van der Waals surface area contributed by atoms with E-state index in [0.29, 0.717) is 22.6 Å². The SMILES string of the molecule is Cc1cc(O)ccc1Nc1n[nH]c(-c2ccc(N)cc2)c1F. The van der Waals surface area contributed by atoms with Gasteiger partial charge in [0.1, 0.15) is 11.4 Å². The zero-order chi connectivity index (χ0) is 15.7. The van der Waals surface area contributed by atoms with E-state index in [4.69, 9.17) is 5.73 Å². The van der Waals surface area contributed by atoms with Crippen molar-refractivity contribution in [1.29, 1.82) is 0 Å². The third-order valence-electron chi connectivity index (χ3n) is 3.37. The number of phenols is 1.